The lowest BCUT2D eigenvalue weighted by Gasteiger charge is -2.33. The standard InChI is InChI=1S/C16H18O6/c17-12-6-10(7-13(18)15(12)19)16(20)22-11-5-9-3-1-2-4-14(9)21-8-11/h4,6-7,9,11,17-19H,1-3,5,8H2. The van der Waals surface area contributed by atoms with E-state index in [0.29, 0.717) is 18.9 Å². The molecule has 1 saturated heterocycles. The summed E-state index contributed by atoms with van der Waals surface area (Å²) in [6.45, 7) is 0.310. The van der Waals surface area contributed by atoms with E-state index in [4.69, 9.17) is 9.47 Å². The molecule has 0 radical (unpaired) electrons. The Hall–Kier alpha value is -2.37. The maximum Gasteiger partial charge on any atom is 0.338 e. The highest BCUT2D eigenvalue weighted by molar-refractivity contribution is 5.91. The molecule has 1 aromatic rings. The number of fused-ring (bicyclic) bond motifs is 1. The van der Waals surface area contributed by atoms with Crippen LogP contribution in [0.2, 0.25) is 0 Å². The van der Waals surface area contributed by atoms with Crippen LogP contribution in [-0.2, 0) is 9.47 Å². The van der Waals surface area contributed by atoms with E-state index in [1.54, 1.807) is 0 Å². The van der Waals surface area contributed by atoms with Crippen LogP contribution in [0.1, 0.15) is 36.0 Å². The minimum absolute atomic E-state index is 0.0159. The molecule has 6 heteroatoms. The van der Waals surface area contributed by atoms with Gasteiger partial charge >= 0.3 is 5.97 Å². The molecule has 0 aromatic heterocycles. The number of ether oxygens (including phenoxy) is 2. The van der Waals surface area contributed by atoms with E-state index in [1.165, 1.54) is 0 Å². The normalized spacial score (nSPS) is 23.9. The highest BCUT2D eigenvalue weighted by Crippen LogP contribution is 2.37. The highest BCUT2D eigenvalue weighted by atomic mass is 16.6. The molecule has 0 amide bonds. The monoisotopic (exact) mass is 306 g/mol. The van der Waals surface area contributed by atoms with Gasteiger partial charge in [-0.05, 0) is 43.9 Å². The topological polar surface area (TPSA) is 96.2 Å². The van der Waals surface area contributed by atoms with Crippen LogP contribution < -0.4 is 0 Å². The van der Waals surface area contributed by atoms with Crippen molar-refractivity contribution in [3.05, 3.63) is 29.5 Å². The second-order valence-electron chi connectivity index (χ2n) is 5.67. The van der Waals surface area contributed by atoms with Crippen LogP contribution in [0.25, 0.3) is 0 Å². The van der Waals surface area contributed by atoms with Gasteiger partial charge in [-0.25, -0.2) is 4.79 Å². The van der Waals surface area contributed by atoms with Crippen molar-refractivity contribution in [1.29, 1.82) is 0 Å². The van der Waals surface area contributed by atoms with E-state index in [-0.39, 0.29) is 11.7 Å². The molecule has 118 valence electrons. The van der Waals surface area contributed by atoms with Crippen molar-refractivity contribution in [2.75, 3.05) is 6.61 Å². The second kappa shape index (κ2) is 5.79. The van der Waals surface area contributed by atoms with Crippen LogP contribution in [0, 0.1) is 5.92 Å². The smallest absolute Gasteiger partial charge is 0.338 e. The number of phenolic OH excluding ortho intramolecular Hbond substituents is 3. The molecule has 1 aliphatic carbocycles. The molecular formula is C16H18O6. The van der Waals surface area contributed by atoms with Gasteiger partial charge in [0.1, 0.15) is 12.7 Å². The number of hydrogen-bond acceptors (Lipinski definition) is 6. The third kappa shape index (κ3) is 2.81. The molecule has 1 heterocycles. The molecule has 0 bridgehead atoms. The van der Waals surface area contributed by atoms with Crippen LogP contribution in [0.4, 0.5) is 0 Å². The fourth-order valence-corrected chi connectivity index (χ4v) is 2.93. The van der Waals surface area contributed by atoms with Gasteiger partial charge in [-0.3, -0.25) is 0 Å². The zero-order valence-corrected chi connectivity index (χ0v) is 12.0. The minimum Gasteiger partial charge on any atom is -0.504 e. The van der Waals surface area contributed by atoms with Crippen molar-refractivity contribution in [2.24, 2.45) is 5.92 Å². The number of hydrogen-bond donors (Lipinski definition) is 3. The van der Waals surface area contributed by atoms with Crippen molar-refractivity contribution in [3.63, 3.8) is 0 Å². The molecule has 1 fully saturated rings. The number of esters is 1. The first-order chi connectivity index (χ1) is 10.5. The van der Waals surface area contributed by atoms with Gasteiger partial charge in [0, 0.05) is 5.92 Å². The molecule has 6 nitrogen and oxygen atoms in total. The summed E-state index contributed by atoms with van der Waals surface area (Å²) in [5, 5.41) is 28.2. The summed E-state index contributed by atoms with van der Waals surface area (Å²) in [7, 11) is 0. The van der Waals surface area contributed by atoms with Gasteiger partial charge in [0.05, 0.1) is 11.3 Å². The number of phenols is 3. The summed E-state index contributed by atoms with van der Waals surface area (Å²) in [5.74, 6) is -1.16. The third-order valence-electron chi connectivity index (χ3n) is 4.07. The molecule has 2 atom stereocenters. The third-order valence-corrected chi connectivity index (χ3v) is 4.07. The van der Waals surface area contributed by atoms with E-state index < -0.39 is 23.2 Å². The number of rotatable bonds is 2. The van der Waals surface area contributed by atoms with Crippen LogP contribution in [0.3, 0.4) is 0 Å². The minimum atomic E-state index is -0.664. The van der Waals surface area contributed by atoms with Gasteiger partial charge in [-0.15, -0.1) is 0 Å². The van der Waals surface area contributed by atoms with Gasteiger partial charge in [0.2, 0.25) is 0 Å². The van der Waals surface area contributed by atoms with E-state index in [0.717, 1.165) is 37.2 Å². The fraction of sp³-hybridized carbons (Fsp3) is 0.438. The lowest BCUT2D eigenvalue weighted by Crippen LogP contribution is -2.33. The number of benzene rings is 1. The van der Waals surface area contributed by atoms with Crippen molar-refractivity contribution in [2.45, 2.75) is 31.8 Å². The summed E-state index contributed by atoms with van der Waals surface area (Å²) < 4.78 is 11.0. The molecule has 1 aromatic carbocycles. The maximum absolute atomic E-state index is 12.1. The Morgan fingerprint density at radius 1 is 1.23 bits per heavy atom. The molecule has 0 saturated carbocycles. The summed E-state index contributed by atoms with van der Waals surface area (Å²) in [6.07, 6.45) is 5.63. The average Bonchev–Trinajstić information content (AvgIpc) is 2.52. The van der Waals surface area contributed by atoms with Gasteiger partial charge < -0.3 is 24.8 Å². The molecule has 2 aliphatic rings. The number of carbonyl (C=O) groups is 1. The van der Waals surface area contributed by atoms with Gasteiger partial charge in [0.15, 0.2) is 17.2 Å². The number of carbonyl (C=O) groups excluding carboxylic acids is 1. The molecule has 22 heavy (non-hydrogen) atoms. The molecule has 3 N–H and O–H groups in total. The Kier molecular flexibility index (Phi) is 3.83. The van der Waals surface area contributed by atoms with Gasteiger partial charge in [-0.2, -0.15) is 0 Å². The molecule has 0 spiro atoms. The Balaban J connectivity index is 1.67. The molecule has 1 aliphatic heterocycles. The van der Waals surface area contributed by atoms with Crippen molar-refractivity contribution < 1.29 is 29.6 Å². The summed E-state index contributed by atoms with van der Waals surface area (Å²) in [5.41, 5.74) is -0.0159. The quantitative estimate of drug-likeness (QED) is 0.573. The van der Waals surface area contributed by atoms with Crippen LogP contribution in [0.5, 0.6) is 17.2 Å². The number of aromatic hydroxyl groups is 3. The Labute approximate surface area is 127 Å². The second-order valence-corrected chi connectivity index (χ2v) is 5.67. The lowest BCUT2D eigenvalue weighted by atomic mass is 9.87. The largest absolute Gasteiger partial charge is 0.504 e. The van der Waals surface area contributed by atoms with E-state index >= 15 is 0 Å². The van der Waals surface area contributed by atoms with Crippen molar-refractivity contribution >= 4 is 5.97 Å². The van der Waals surface area contributed by atoms with Gasteiger partial charge in [-0.1, -0.05) is 0 Å². The highest BCUT2D eigenvalue weighted by Gasteiger charge is 2.31. The van der Waals surface area contributed by atoms with Crippen molar-refractivity contribution in [3.8, 4) is 17.2 Å². The molecule has 3 rings (SSSR count). The summed E-state index contributed by atoms with van der Waals surface area (Å²) >= 11 is 0. The fourth-order valence-electron chi connectivity index (χ4n) is 2.93. The number of allylic oxidation sites excluding steroid dienone is 2. The van der Waals surface area contributed by atoms with Crippen LogP contribution >= 0.6 is 0 Å². The van der Waals surface area contributed by atoms with E-state index in [1.807, 2.05) is 0 Å². The predicted octanol–water partition coefficient (Wildman–Crippen LogP) is 2.43. The first-order valence-corrected chi connectivity index (χ1v) is 7.33. The Bertz CT molecular complexity index is 598. The van der Waals surface area contributed by atoms with Crippen LogP contribution in [-0.4, -0.2) is 34.0 Å². The predicted molar refractivity (Wildman–Crippen MR) is 76.6 cm³/mol. The van der Waals surface area contributed by atoms with E-state index in [9.17, 15) is 20.1 Å². The molecular weight excluding hydrogens is 288 g/mol. The van der Waals surface area contributed by atoms with Gasteiger partial charge in [0.25, 0.3) is 0 Å². The lowest BCUT2D eigenvalue weighted by molar-refractivity contribution is -0.0267. The SMILES string of the molecule is O=C(OC1COC2=CCCCC2C1)c1cc(O)c(O)c(O)c1. The zero-order valence-electron chi connectivity index (χ0n) is 12.0. The van der Waals surface area contributed by atoms with Crippen LogP contribution in [0.15, 0.2) is 24.0 Å². The first-order valence-electron chi connectivity index (χ1n) is 7.33. The Morgan fingerprint density at radius 3 is 2.68 bits per heavy atom. The average molecular weight is 306 g/mol. The summed E-state index contributed by atoms with van der Waals surface area (Å²) in [4.78, 5) is 12.1. The first kappa shape index (κ1) is 14.6. The summed E-state index contributed by atoms with van der Waals surface area (Å²) in [6, 6.07) is 2.13. The Morgan fingerprint density at radius 2 is 1.95 bits per heavy atom. The molecule has 2 unspecified atom stereocenters. The maximum atomic E-state index is 12.1. The van der Waals surface area contributed by atoms with Crippen molar-refractivity contribution in [1.82, 2.24) is 0 Å². The zero-order chi connectivity index (χ0) is 15.7. The van der Waals surface area contributed by atoms with E-state index in [2.05, 4.69) is 6.08 Å².